The average Bonchev–Trinajstić information content (AvgIpc) is 3.35. The summed E-state index contributed by atoms with van der Waals surface area (Å²) >= 11 is 1.47. The van der Waals surface area contributed by atoms with Crippen molar-refractivity contribution in [3.63, 3.8) is 0 Å². The highest BCUT2D eigenvalue weighted by molar-refractivity contribution is 7.13. The minimum atomic E-state index is -0.243. The number of carbonyl (C=O) groups excluding carboxylic acids is 1. The summed E-state index contributed by atoms with van der Waals surface area (Å²) in [6, 6.07) is -0.243. The highest BCUT2D eigenvalue weighted by atomic mass is 32.1. The third-order valence-electron chi connectivity index (χ3n) is 5.00. The van der Waals surface area contributed by atoms with Crippen LogP contribution in [0.5, 0.6) is 0 Å². The van der Waals surface area contributed by atoms with E-state index in [1.807, 2.05) is 27.7 Å². The maximum absolute atomic E-state index is 13.2. The highest BCUT2D eigenvalue weighted by Crippen LogP contribution is 2.34. The van der Waals surface area contributed by atoms with Gasteiger partial charge in [0.1, 0.15) is 16.7 Å². The van der Waals surface area contributed by atoms with E-state index >= 15 is 0 Å². The smallest absolute Gasteiger partial charge is 0.259 e. The summed E-state index contributed by atoms with van der Waals surface area (Å²) in [7, 11) is 0. The van der Waals surface area contributed by atoms with E-state index in [9.17, 15) is 4.79 Å². The van der Waals surface area contributed by atoms with Crippen LogP contribution in [0, 0.1) is 6.92 Å². The van der Waals surface area contributed by atoms with Crippen LogP contribution in [0.25, 0.3) is 10.8 Å². The van der Waals surface area contributed by atoms with Crippen molar-refractivity contribution in [2.45, 2.75) is 58.4 Å². The molecule has 1 fully saturated rings. The molecule has 0 aliphatic carbocycles. The molecule has 0 spiro atoms. The topological polar surface area (TPSA) is 97.9 Å². The van der Waals surface area contributed by atoms with E-state index in [2.05, 4.69) is 25.1 Å². The number of nitrogens with zero attached hydrogens (tertiary/aromatic N) is 6. The molecule has 4 rings (SSSR count). The van der Waals surface area contributed by atoms with Gasteiger partial charge in [0.05, 0.1) is 16.8 Å². The monoisotopic (exact) mass is 412 g/mol. The molecule has 0 N–H and O–H groups in total. The molecule has 0 aromatic carbocycles. The van der Waals surface area contributed by atoms with Gasteiger partial charge < -0.3 is 9.32 Å². The van der Waals surface area contributed by atoms with Crippen molar-refractivity contribution in [1.29, 1.82) is 0 Å². The molecule has 0 saturated carbocycles. The number of rotatable bonds is 3. The summed E-state index contributed by atoms with van der Waals surface area (Å²) in [6.07, 6.45) is 5.96. The maximum Gasteiger partial charge on any atom is 0.259 e. The van der Waals surface area contributed by atoms with Gasteiger partial charge in [-0.05, 0) is 26.2 Å². The summed E-state index contributed by atoms with van der Waals surface area (Å²) in [5.74, 6) is 1.53. The van der Waals surface area contributed by atoms with Crippen molar-refractivity contribution in [3.8, 4) is 10.8 Å². The minimum absolute atomic E-state index is 0.108. The minimum Gasteiger partial charge on any atom is -0.418 e. The Morgan fingerprint density at radius 3 is 2.59 bits per heavy atom. The maximum atomic E-state index is 13.2. The zero-order valence-corrected chi connectivity index (χ0v) is 17.9. The Morgan fingerprint density at radius 1 is 1.17 bits per heavy atom. The molecular weight excluding hydrogens is 388 g/mol. The number of thiazole rings is 1. The van der Waals surface area contributed by atoms with Gasteiger partial charge in [-0.25, -0.2) is 15.0 Å². The molecule has 0 radical (unpaired) electrons. The normalized spacial score (nSPS) is 17.5. The van der Waals surface area contributed by atoms with Gasteiger partial charge in [0.25, 0.3) is 11.8 Å². The molecule has 1 aliphatic rings. The average molecular weight is 413 g/mol. The van der Waals surface area contributed by atoms with Gasteiger partial charge in [-0.15, -0.1) is 21.5 Å². The van der Waals surface area contributed by atoms with Crippen molar-refractivity contribution in [3.05, 3.63) is 40.9 Å². The summed E-state index contributed by atoms with van der Waals surface area (Å²) in [5, 5.41) is 8.44. The predicted octanol–water partition coefficient (Wildman–Crippen LogP) is 3.96. The SMILES string of the molecule is Cc1ncsc1-c1nnc([C@H]2CCCCN2C(=O)c2cnc(C(C)(C)C)nc2)o1. The molecule has 0 bridgehead atoms. The van der Waals surface area contributed by atoms with E-state index < -0.39 is 0 Å². The standard InChI is InChI=1S/C20H24N6O2S/c1-12-15(29-11-23-12)17-25-24-16(28-17)14-7-5-6-8-26(14)18(27)13-9-21-19(22-10-13)20(2,3)4/h9-11,14H,5-8H2,1-4H3/t14-/m1/s1. The van der Waals surface area contributed by atoms with E-state index in [4.69, 9.17) is 4.42 Å². The largest absolute Gasteiger partial charge is 0.418 e. The summed E-state index contributed by atoms with van der Waals surface area (Å²) < 4.78 is 5.95. The number of amides is 1. The van der Waals surface area contributed by atoms with Crippen molar-refractivity contribution in [2.75, 3.05) is 6.54 Å². The first-order valence-corrected chi connectivity index (χ1v) is 10.6. The van der Waals surface area contributed by atoms with Crippen LogP contribution < -0.4 is 0 Å². The third-order valence-corrected chi connectivity index (χ3v) is 5.92. The number of aryl methyl sites for hydroxylation is 1. The molecule has 8 nitrogen and oxygen atoms in total. The van der Waals surface area contributed by atoms with Crippen LogP contribution in [0.4, 0.5) is 0 Å². The van der Waals surface area contributed by atoms with Gasteiger partial charge in [0.15, 0.2) is 0 Å². The molecular formula is C20H24N6O2S. The Balaban J connectivity index is 1.59. The lowest BCUT2D eigenvalue weighted by atomic mass is 9.95. The van der Waals surface area contributed by atoms with E-state index in [1.54, 1.807) is 22.8 Å². The van der Waals surface area contributed by atoms with Crippen LogP contribution >= 0.6 is 11.3 Å². The highest BCUT2D eigenvalue weighted by Gasteiger charge is 2.33. The molecule has 1 aliphatic heterocycles. The Kier molecular flexibility index (Phi) is 5.16. The van der Waals surface area contributed by atoms with Crippen molar-refractivity contribution in [2.24, 2.45) is 0 Å². The molecule has 3 aromatic heterocycles. The van der Waals surface area contributed by atoms with Gasteiger partial charge in [0, 0.05) is 24.4 Å². The molecule has 3 aromatic rings. The van der Waals surface area contributed by atoms with Crippen molar-refractivity contribution < 1.29 is 9.21 Å². The molecule has 1 amide bonds. The first kappa shape index (κ1) is 19.6. The summed E-state index contributed by atoms with van der Waals surface area (Å²) in [5.41, 5.74) is 2.93. The van der Waals surface area contributed by atoms with E-state index in [1.165, 1.54) is 11.3 Å². The van der Waals surface area contributed by atoms with E-state index in [-0.39, 0.29) is 17.4 Å². The molecule has 29 heavy (non-hydrogen) atoms. The second-order valence-corrected chi connectivity index (χ2v) is 9.12. The van der Waals surface area contributed by atoms with Crippen LogP contribution in [0.3, 0.4) is 0 Å². The van der Waals surface area contributed by atoms with Crippen LogP contribution in [0.2, 0.25) is 0 Å². The van der Waals surface area contributed by atoms with Crippen molar-refractivity contribution in [1.82, 2.24) is 30.0 Å². The lowest BCUT2D eigenvalue weighted by molar-refractivity contribution is 0.0571. The number of piperidine rings is 1. The second kappa shape index (κ2) is 7.62. The molecule has 9 heteroatoms. The lowest BCUT2D eigenvalue weighted by Crippen LogP contribution is -2.39. The van der Waals surface area contributed by atoms with Gasteiger partial charge in [0.2, 0.25) is 5.89 Å². The summed E-state index contributed by atoms with van der Waals surface area (Å²) in [4.78, 5) is 28.9. The Bertz CT molecular complexity index is 1000. The zero-order valence-electron chi connectivity index (χ0n) is 17.0. The molecule has 152 valence electrons. The van der Waals surface area contributed by atoms with Gasteiger partial charge in [-0.1, -0.05) is 20.8 Å². The number of likely N-dealkylation sites (tertiary alicyclic amines) is 1. The fourth-order valence-corrected chi connectivity index (χ4v) is 4.11. The number of aromatic nitrogens is 5. The van der Waals surface area contributed by atoms with Gasteiger partial charge in [-0.2, -0.15) is 0 Å². The lowest BCUT2D eigenvalue weighted by Gasteiger charge is -2.33. The van der Waals surface area contributed by atoms with Crippen molar-refractivity contribution >= 4 is 17.2 Å². The Labute approximate surface area is 173 Å². The quantitative estimate of drug-likeness (QED) is 0.642. The number of hydrogen-bond acceptors (Lipinski definition) is 8. The fourth-order valence-electron chi connectivity index (χ4n) is 3.39. The molecule has 1 saturated heterocycles. The van der Waals surface area contributed by atoms with Crippen LogP contribution in [0.15, 0.2) is 22.3 Å². The number of hydrogen-bond donors (Lipinski definition) is 0. The van der Waals surface area contributed by atoms with Crippen LogP contribution in [-0.4, -0.2) is 42.5 Å². The first-order chi connectivity index (χ1) is 13.8. The first-order valence-electron chi connectivity index (χ1n) is 9.72. The van der Waals surface area contributed by atoms with Gasteiger partial charge in [-0.3, -0.25) is 4.79 Å². The Hall–Kier alpha value is -2.68. The van der Waals surface area contributed by atoms with E-state index in [0.717, 1.165) is 29.8 Å². The van der Waals surface area contributed by atoms with Crippen LogP contribution in [0.1, 0.15) is 73.8 Å². The number of carbonyl (C=O) groups is 1. The summed E-state index contributed by atoms with van der Waals surface area (Å²) in [6.45, 7) is 8.68. The third kappa shape index (κ3) is 3.91. The van der Waals surface area contributed by atoms with Crippen LogP contribution in [-0.2, 0) is 5.41 Å². The predicted molar refractivity (Wildman–Crippen MR) is 109 cm³/mol. The Morgan fingerprint density at radius 2 is 1.93 bits per heavy atom. The zero-order chi connectivity index (χ0) is 20.6. The van der Waals surface area contributed by atoms with Gasteiger partial charge >= 0.3 is 0 Å². The molecule has 4 heterocycles. The second-order valence-electron chi connectivity index (χ2n) is 8.27. The molecule has 0 unspecified atom stereocenters. The van der Waals surface area contributed by atoms with E-state index in [0.29, 0.717) is 29.7 Å². The molecule has 1 atom stereocenters. The fraction of sp³-hybridized carbons (Fsp3) is 0.500.